The molecule has 98 valence electrons. The van der Waals surface area contributed by atoms with E-state index in [4.69, 9.17) is 0 Å². The van der Waals surface area contributed by atoms with Gasteiger partial charge in [0.2, 0.25) is 5.91 Å². The first-order valence-corrected chi connectivity index (χ1v) is 7.40. The standard InChI is InChI=1S/C9H9BrFN3O3S/c10-7-2-13-8(3-12-7)14-4-6(1-9(14)15)5-18(11,16)17/h2-3,6H,1,4-5H2. The molecule has 0 spiro atoms. The van der Waals surface area contributed by atoms with Crippen molar-refractivity contribution in [1.82, 2.24) is 9.97 Å². The summed E-state index contributed by atoms with van der Waals surface area (Å²) in [4.78, 5) is 20.9. The van der Waals surface area contributed by atoms with Crippen LogP contribution in [0.25, 0.3) is 0 Å². The average molecular weight is 338 g/mol. The van der Waals surface area contributed by atoms with Gasteiger partial charge in [0.25, 0.3) is 0 Å². The van der Waals surface area contributed by atoms with Crippen LogP contribution in [0.4, 0.5) is 9.70 Å². The zero-order valence-corrected chi connectivity index (χ0v) is 11.5. The Hall–Kier alpha value is -1.09. The van der Waals surface area contributed by atoms with E-state index in [1.807, 2.05) is 0 Å². The van der Waals surface area contributed by atoms with Crippen molar-refractivity contribution in [3.63, 3.8) is 0 Å². The van der Waals surface area contributed by atoms with Crippen LogP contribution in [0.1, 0.15) is 6.42 Å². The highest BCUT2D eigenvalue weighted by molar-refractivity contribution is 9.10. The van der Waals surface area contributed by atoms with Gasteiger partial charge in [0.05, 0.1) is 18.1 Å². The van der Waals surface area contributed by atoms with E-state index < -0.39 is 21.9 Å². The summed E-state index contributed by atoms with van der Waals surface area (Å²) in [6.45, 7) is 0.137. The van der Waals surface area contributed by atoms with Crippen LogP contribution >= 0.6 is 15.9 Å². The Morgan fingerprint density at radius 1 is 1.44 bits per heavy atom. The number of anilines is 1. The molecule has 0 radical (unpaired) electrons. The summed E-state index contributed by atoms with van der Waals surface area (Å²) < 4.78 is 34.2. The van der Waals surface area contributed by atoms with Crippen LogP contribution in [0, 0.1) is 5.92 Å². The zero-order valence-electron chi connectivity index (χ0n) is 9.08. The summed E-state index contributed by atoms with van der Waals surface area (Å²) in [7, 11) is -4.57. The summed E-state index contributed by atoms with van der Waals surface area (Å²) in [5, 5.41) is 0. The number of carbonyl (C=O) groups excluding carboxylic acids is 1. The Morgan fingerprint density at radius 2 is 2.17 bits per heavy atom. The van der Waals surface area contributed by atoms with Crippen LogP contribution in [-0.4, -0.2) is 36.6 Å². The summed E-state index contributed by atoms with van der Waals surface area (Å²) in [6.07, 6.45) is 2.83. The van der Waals surface area contributed by atoms with Crippen molar-refractivity contribution in [2.45, 2.75) is 6.42 Å². The van der Waals surface area contributed by atoms with Crippen molar-refractivity contribution in [1.29, 1.82) is 0 Å². The number of aromatic nitrogens is 2. The molecule has 0 saturated carbocycles. The van der Waals surface area contributed by atoms with Crippen molar-refractivity contribution < 1.29 is 17.1 Å². The van der Waals surface area contributed by atoms with E-state index in [1.165, 1.54) is 17.3 Å². The smallest absolute Gasteiger partial charge is 0.295 e. The first-order valence-electron chi connectivity index (χ1n) is 5.05. The van der Waals surface area contributed by atoms with Gasteiger partial charge in [-0.1, -0.05) is 0 Å². The highest BCUT2D eigenvalue weighted by atomic mass is 79.9. The molecule has 0 bridgehead atoms. The molecule has 0 aromatic carbocycles. The van der Waals surface area contributed by atoms with E-state index in [9.17, 15) is 17.1 Å². The van der Waals surface area contributed by atoms with Gasteiger partial charge in [0.15, 0.2) is 5.82 Å². The van der Waals surface area contributed by atoms with Crippen LogP contribution in [0.15, 0.2) is 17.0 Å². The lowest BCUT2D eigenvalue weighted by atomic mass is 10.1. The number of hydrogen-bond acceptors (Lipinski definition) is 5. The third-order valence-electron chi connectivity index (χ3n) is 2.52. The van der Waals surface area contributed by atoms with E-state index in [0.717, 1.165) is 0 Å². The lowest BCUT2D eigenvalue weighted by molar-refractivity contribution is -0.117. The fourth-order valence-electron chi connectivity index (χ4n) is 1.84. The number of rotatable bonds is 3. The van der Waals surface area contributed by atoms with Crippen LogP contribution in [0.3, 0.4) is 0 Å². The van der Waals surface area contributed by atoms with E-state index in [2.05, 4.69) is 25.9 Å². The van der Waals surface area contributed by atoms with Crippen molar-refractivity contribution in [2.75, 3.05) is 17.2 Å². The Bertz CT molecular complexity index is 563. The quantitative estimate of drug-likeness (QED) is 0.765. The van der Waals surface area contributed by atoms with Gasteiger partial charge >= 0.3 is 10.2 Å². The van der Waals surface area contributed by atoms with E-state index in [1.54, 1.807) is 0 Å². The molecule has 0 N–H and O–H groups in total. The van der Waals surface area contributed by atoms with Crippen LogP contribution in [0.5, 0.6) is 0 Å². The topological polar surface area (TPSA) is 80.2 Å². The first kappa shape index (κ1) is 13.3. The second-order valence-electron chi connectivity index (χ2n) is 3.98. The highest BCUT2D eigenvalue weighted by Crippen LogP contribution is 2.24. The predicted octanol–water partition coefficient (Wildman–Crippen LogP) is 0.891. The van der Waals surface area contributed by atoms with Gasteiger partial charge in [-0.15, -0.1) is 3.89 Å². The van der Waals surface area contributed by atoms with Crippen molar-refractivity contribution in [2.24, 2.45) is 5.92 Å². The number of halogens is 2. The summed E-state index contributed by atoms with van der Waals surface area (Å²) in [5.74, 6) is -1.13. The highest BCUT2D eigenvalue weighted by Gasteiger charge is 2.34. The lowest BCUT2D eigenvalue weighted by Gasteiger charge is -2.14. The Balaban J connectivity index is 2.12. The normalized spacial score (nSPS) is 20.4. The third-order valence-corrected chi connectivity index (χ3v) is 3.80. The second kappa shape index (κ2) is 4.88. The minimum atomic E-state index is -4.57. The minimum absolute atomic E-state index is 0.000887. The molecule has 6 nitrogen and oxygen atoms in total. The number of amides is 1. The van der Waals surface area contributed by atoms with Gasteiger partial charge in [-0.05, 0) is 15.9 Å². The van der Waals surface area contributed by atoms with Crippen molar-refractivity contribution in [3.05, 3.63) is 17.0 Å². The minimum Gasteiger partial charge on any atom is -0.295 e. The molecule has 2 heterocycles. The summed E-state index contributed by atoms with van der Waals surface area (Å²) in [6, 6.07) is 0. The molecule has 1 aliphatic heterocycles. The summed E-state index contributed by atoms with van der Waals surface area (Å²) in [5.41, 5.74) is 0. The second-order valence-corrected chi connectivity index (χ2v) is 6.20. The molecular weight excluding hydrogens is 329 g/mol. The number of nitrogens with zero attached hydrogens (tertiary/aromatic N) is 3. The SMILES string of the molecule is O=C1CC(CS(=O)(=O)F)CN1c1cnc(Br)cn1. The van der Waals surface area contributed by atoms with Crippen LogP contribution in [0.2, 0.25) is 0 Å². The number of carbonyl (C=O) groups is 1. The maximum atomic E-state index is 12.6. The molecule has 1 atom stereocenters. The molecule has 1 fully saturated rings. The average Bonchev–Trinajstić information content (AvgIpc) is 2.58. The van der Waals surface area contributed by atoms with Gasteiger partial charge in [-0.2, -0.15) is 8.42 Å². The predicted molar refractivity (Wildman–Crippen MR) is 65.1 cm³/mol. The molecule has 1 saturated heterocycles. The van der Waals surface area contributed by atoms with Crippen LogP contribution < -0.4 is 4.90 Å². The van der Waals surface area contributed by atoms with Crippen LogP contribution in [-0.2, 0) is 15.0 Å². The molecule has 1 aromatic heterocycles. The summed E-state index contributed by atoms with van der Waals surface area (Å²) >= 11 is 3.11. The molecule has 1 unspecified atom stereocenters. The molecular formula is C9H9BrFN3O3S. The molecule has 1 aromatic rings. The van der Waals surface area contributed by atoms with Gasteiger partial charge < -0.3 is 0 Å². The molecule has 9 heteroatoms. The molecule has 0 aliphatic carbocycles. The largest absolute Gasteiger partial charge is 0.302 e. The number of hydrogen-bond donors (Lipinski definition) is 0. The maximum Gasteiger partial charge on any atom is 0.302 e. The van der Waals surface area contributed by atoms with Crippen molar-refractivity contribution in [3.8, 4) is 0 Å². The van der Waals surface area contributed by atoms with E-state index in [-0.39, 0.29) is 18.9 Å². The Kier molecular flexibility index (Phi) is 3.62. The third kappa shape index (κ3) is 3.22. The first-order chi connectivity index (χ1) is 8.35. The monoisotopic (exact) mass is 337 g/mol. The maximum absolute atomic E-state index is 12.6. The fourth-order valence-corrected chi connectivity index (χ4v) is 2.83. The van der Waals surface area contributed by atoms with Gasteiger partial charge in [0.1, 0.15) is 4.60 Å². The lowest BCUT2D eigenvalue weighted by Crippen LogP contribution is -2.26. The Morgan fingerprint density at radius 3 is 2.72 bits per heavy atom. The van der Waals surface area contributed by atoms with Gasteiger partial charge in [-0.25, -0.2) is 9.97 Å². The molecule has 2 rings (SSSR count). The van der Waals surface area contributed by atoms with E-state index >= 15 is 0 Å². The molecule has 1 aliphatic rings. The fraction of sp³-hybridized carbons (Fsp3) is 0.444. The van der Waals surface area contributed by atoms with E-state index in [0.29, 0.717) is 10.4 Å². The molecule has 18 heavy (non-hydrogen) atoms. The van der Waals surface area contributed by atoms with Crippen molar-refractivity contribution >= 4 is 37.9 Å². The molecule has 1 amide bonds. The zero-order chi connectivity index (χ0) is 13.3. The Labute approximate surface area is 112 Å². The van der Waals surface area contributed by atoms with Gasteiger partial charge in [-0.3, -0.25) is 9.69 Å². The van der Waals surface area contributed by atoms with Gasteiger partial charge in [0, 0.05) is 18.9 Å².